The normalized spacial score (nSPS) is 12.3. The Balaban J connectivity index is 1.28. The number of hydrogen-bond donors (Lipinski definition) is 0. The van der Waals surface area contributed by atoms with Crippen molar-refractivity contribution in [3.8, 4) is 45.2 Å². The second-order valence-corrected chi connectivity index (χ2v) is 12.4. The highest BCUT2D eigenvalue weighted by Gasteiger charge is 2.20. The van der Waals surface area contributed by atoms with Crippen molar-refractivity contribution >= 4 is 43.2 Å². The number of benzene rings is 7. The Morgan fingerprint density at radius 2 is 1.04 bits per heavy atom. The summed E-state index contributed by atoms with van der Waals surface area (Å²) in [5, 5.41) is 9.59. The molecule has 2 aromatic heterocycles. The SMILES string of the molecule is c1ccc(-c2nc3ccccc3c3c4c(c(-c5cc(-c6ccc7ccccc7c6)nc(-c6ccc7ccccc7c6)n5)cc23)=NCN=4)cc1. The molecule has 1 aliphatic rings. The first-order valence-corrected chi connectivity index (χ1v) is 16.4. The van der Waals surface area contributed by atoms with Crippen molar-refractivity contribution in [1.29, 1.82) is 0 Å². The molecule has 0 saturated carbocycles. The highest BCUT2D eigenvalue weighted by molar-refractivity contribution is 6.11. The lowest BCUT2D eigenvalue weighted by atomic mass is 9.95. The van der Waals surface area contributed by atoms with Gasteiger partial charge in [-0.2, -0.15) is 0 Å². The fourth-order valence-corrected chi connectivity index (χ4v) is 7.12. The van der Waals surface area contributed by atoms with E-state index in [0.717, 1.165) is 77.1 Å². The topological polar surface area (TPSA) is 63.4 Å². The van der Waals surface area contributed by atoms with Gasteiger partial charge in [-0.15, -0.1) is 0 Å². The number of hydrogen-bond acceptors (Lipinski definition) is 5. The van der Waals surface area contributed by atoms with Crippen LogP contribution in [0.3, 0.4) is 0 Å². The predicted octanol–water partition coefficient (Wildman–Crippen LogP) is 9.36. The standard InChI is InChI=1S/C44H27N5/c1-2-12-29(13-3-1)41-36-24-35(42-43(46-26-45-42)40(36)34-16-8-9-17-37(34)47-41)39-25-38(32-20-18-27-10-4-6-14-30(27)22-32)48-44(49-39)33-21-19-28-11-5-7-15-31(28)23-33/h1-25H,26H2. The van der Waals surface area contributed by atoms with Crippen LogP contribution in [0.5, 0.6) is 0 Å². The minimum Gasteiger partial charge on any atom is -0.259 e. The summed E-state index contributed by atoms with van der Waals surface area (Å²) in [5.74, 6) is 0.662. The smallest absolute Gasteiger partial charge is 0.160 e. The Morgan fingerprint density at radius 1 is 0.408 bits per heavy atom. The molecule has 5 nitrogen and oxygen atoms in total. The molecule has 9 aromatic rings. The summed E-state index contributed by atoms with van der Waals surface area (Å²) < 4.78 is 0. The van der Waals surface area contributed by atoms with Crippen LogP contribution in [0.4, 0.5) is 0 Å². The first-order chi connectivity index (χ1) is 24.3. The van der Waals surface area contributed by atoms with Crippen molar-refractivity contribution in [1.82, 2.24) is 15.0 Å². The molecule has 7 aromatic carbocycles. The molecular weight excluding hydrogens is 599 g/mol. The van der Waals surface area contributed by atoms with E-state index >= 15 is 0 Å². The van der Waals surface area contributed by atoms with Crippen LogP contribution in [0, 0.1) is 0 Å². The summed E-state index contributed by atoms with van der Waals surface area (Å²) in [4.78, 5) is 25.7. The molecule has 228 valence electrons. The van der Waals surface area contributed by atoms with Crippen molar-refractivity contribution in [3.05, 3.63) is 162 Å². The van der Waals surface area contributed by atoms with Crippen LogP contribution in [-0.4, -0.2) is 21.6 Å². The van der Waals surface area contributed by atoms with E-state index in [1.54, 1.807) is 0 Å². The van der Waals surface area contributed by atoms with Gasteiger partial charge in [0.05, 0.1) is 33.3 Å². The summed E-state index contributed by atoms with van der Waals surface area (Å²) in [6.45, 7) is 0.374. The third kappa shape index (κ3) is 4.59. The van der Waals surface area contributed by atoms with Gasteiger partial charge >= 0.3 is 0 Å². The minimum absolute atomic E-state index is 0.374. The van der Waals surface area contributed by atoms with Gasteiger partial charge in [-0.05, 0) is 51.9 Å². The van der Waals surface area contributed by atoms with Crippen LogP contribution in [-0.2, 0) is 0 Å². The first-order valence-electron chi connectivity index (χ1n) is 16.4. The molecule has 0 atom stereocenters. The van der Waals surface area contributed by atoms with E-state index in [0.29, 0.717) is 12.5 Å². The summed E-state index contributed by atoms with van der Waals surface area (Å²) in [5.41, 5.74) is 7.46. The Hall–Kier alpha value is -6.59. The molecule has 0 aliphatic carbocycles. The maximum Gasteiger partial charge on any atom is 0.160 e. The van der Waals surface area contributed by atoms with Crippen LogP contribution >= 0.6 is 0 Å². The van der Waals surface area contributed by atoms with Gasteiger partial charge in [-0.25, -0.2) is 15.0 Å². The maximum absolute atomic E-state index is 5.28. The Kier molecular flexibility index (Phi) is 6.18. The minimum atomic E-state index is 0.374. The van der Waals surface area contributed by atoms with Crippen LogP contribution in [0.15, 0.2) is 162 Å². The lowest BCUT2D eigenvalue weighted by molar-refractivity contribution is 1.06. The zero-order valence-electron chi connectivity index (χ0n) is 26.4. The van der Waals surface area contributed by atoms with Crippen LogP contribution in [0.1, 0.15) is 0 Å². The predicted molar refractivity (Wildman–Crippen MR) is 199 cm³/mol. The Morgan fingerprint density at radius 3 is 1.84 bits per heavy atom. The fraction of sp³-hybridized carbons (Fsp3) is 0.0227. The Bertz CT molecular complexity index is 2820. The highest BCUT2D eigenvalue weighted by Crippen LogP contribution is 2.34. The Labute approximate surface area is 281 Å². The third-order valence-electron chi connectivity index (χ3n) is 9.49. The van der Waals surface area contributed by atoms with Crippen molar-refractivity contribution in [2.75, 3.05) is 6.67 Å². The lowest BCUT2D eigenvalue weighted by Crippen LogP contribution is -2.26. The average molecular weight is 626 g/mol. The van der Waals surface area contributed by atoms with Crippen LogP contribution in [0.25, 0.3) is 88.4 Å². The molecule has 5 heteroatoms. The van der Waals surface area contributed by atoms with Gasteiger partial charge in [0.15, 0.2) is 5.82 Å². The van der Waals surface area contributed by atoms with Gasteiger partial charge in [-0.1, -0.05) is 121 Å². The van der Waals surface area contributed by atoms with E-state index in [9.17, 15) is 0 Å². The second-order valence-electron chi connectivity index (χ2n) is 12.4. The number of aromatic nitrogens is 3. The van der Waals surface area contributed by atoms with E-state index in [-0.39, 0.29) is 0 Å². The maximum atomic E-state index is 5.28. The van der Waals surface area contributed by atoms with Gasteiger partial charge in [0.1, 0.15) is 6.67 Å². The third-order valence-corrected chi connectivity index (χ3v) is 9.49. The molecule has 10 rings (SSSR count). The number of para-hydroxylation sites is 1. The summed E-state index contributed by atoms with van der Waals surface area (Å²) in [6, 6.07) is 52.8. The number of fused-ring (bicyclic) bond motifs is 7. The van der Waals surface area contributed by atoms with Gasteiger partial charge in [-0.3, -0.25) is 9.98 Å². The largest absolute Gasteiger partial charge is 0.259 e. The second kappa shape index (κ2) is 11.0. The van der Waals surface area contributed by atoms with Gasteiger partial charge in [0.25, 0.3) is 0 Å². The lowest BCUT2D eigenvalue weighted by Gasteiger charge is -2.14. The van der Waals surface area contributed by atoms with Gasteiger partial charge < -0.3 is 0 Å². The molecule has 0 N–H and O–H groups in total. The number of rotatable bonds is 4. The molecule has 1 aliphatic heterocycles. The molecule has 0 fully saturated rings. The van der Waals surface area contributed by atoms with Gasteiger partial charge in [0.2, 0.25) is 0 Å². The average Bonchev–Trinajstić information content (AvgIpc) is 3.67. The van der Waals surface area contributed by atoms with E-state index in [2.05, 4.69) is 140 Å². The first kappa shape index (κ1) is 27.5. The fourth-order valence-electron chi connectivity index (χ4n) is 7.12. The molecule has 0 saturated heterocycles. The molecule has 0 unspecified atom stereocenters. The van der Waals surface area contributed by atoms with Crippen molar-refractivity contribution in [2.45, 2.75) is 0 Å². The monoisotopic (exact) mass is 625 g/mol. The zero-order chi connectivity index (χ0) is 32.3. The highest BCUT2D eigenvalue weighted by atomic mass is 15.0. The molecule has 0 spiro atoms. The van der Waals surface area contributed by atoms with E-state index in [1.165, 1.54) is 16.2 Å². The van der Waals surface area contributed by atoms with Gasteiger partial charge in [0, 0.05) is 38.4 Å². The molecule has 0 radical (unpaired) electrons. The zero-order valence-corrected chi connectivity index (χ0v) is 26.4. The van der Waals surface area contributed by atoms with E-state index in [1.807, 2.05) is 12.1 Å². The molecule has 3 heterocycles. The number of nitrogens with zero attached hydrogens (tertiary/aromatic N) is 5. The van der Waals surface area contributed by atoms with Crippen molar-refractivity contribution in [2.24, 2.45) is 9.98 Å². The molecular formula is C44H27N5. The van der Waals surface area contributed by atoms with Crippen molar-refractivity contribution in [3.63, 3.8) is 0 Å². The summed E-state index contributed by atoms with van der Waals surface area (Å²) in [7, 11) is 0. The van der Waals surface area contributed by atoms with Crippen molar-refractivity contribution < 1.29 is 0 Å². The van der Waals surface area contributed by atoms with E-state index in [4.69, 9.17) is 24.9 Å². The molecule has 0 bridgehead atoms. The molecule has 49 heavy (non-hydrogen) atoms. The molecule has 0 amide bonds. The van der Waals surface area contributed by atoms with E-state index < -0.39 is 0 Å². The quantitative estimate of drug-likeness (QED) is 0.183. The van der Waals surface area contributed by atoms with Crippen LogP contribution < -0.4 is 10.7 Å². The summed E-state index contributed by atoms with van der Waals surface area (Å²) >= 11 is 0. The number of pyridine rings is 1. The van der Waals surface area contributed by atoms with Crippen LogP contribution in [0.2, 0.25) is 0 Å². The summed E-state index contributed by atoms with van der Waals surface area (Å²) in [6.07, 6.45) is 0.